The molecule has 23 heteroatoms. The summed E-state index contributed by atoms with van der Waals surface area (Å²) >= 11 is 0. The molecule has 0 bridgehead atoms. The van der Waals surface area contributed by atoms with Gasteiger partial charge in [-0.2, -0.15) is 0 Å². The second-order valence-corrected chi connectivity index (χ2v) is 29.4. The number of carbonyl (C=O) groups excluding carboxylic acids is 11. The number of carbonyl (C=O) groups is 11. The van der Waals surface area contributed by atoms with E-state index in [0.717, 1.165) is 4.90 Å². The van der Waals surface area contributed by atoms with Crippen LogP contribution < -0.4 is 5.32 Å². The molecule has 538 valence electrons. The maximum atomic E-state index is 15.4. The molecule has 2 aliphatic heterocycles. The highest BCUT2D eigenvalue weighted by atomic mass is 16.5. The van der Waals surface area contributed by atoms with Crippen molar-refractivity contribution in [1.82, 2.24) is 44.5 Å². The average molecular weight is 1330 g/mol. The van der Waals surface area contributed by atoms with Crippen LogP contribution in [-0.2, 0) is 62.2 Å². The number of nitrogens with zero attached hydrogens (tertiary/aromatic N) is 8. The van der Waals surface area contributed by atoms with Gasteiger partial charge in [-0.1, -0.05) is 116 Å². The minimum atomic E-state index is -1.62. The minimum Gasteiger partial charge on any atom is -0.390 e. The first-order chi connectivity index (χ1) is 43.6. The highest BCUT2D eigenvalue weighted by Gasteiger charge is 2.47. The van der Waals surface area contributed by atoms with Crippen LogP contribution in [0.4, 0.5) is 0 Å². The Balaban J connectivity index is 3.06. The lowest BCUT2D eigenvalue weighted by molar-refractivity contribution is -0.157. The molecule has 0 aliphatic carbocycles. The zero-order chi connectivity index (χ0) is 72.2. The highest BCUT2D eigenvalue weighted by Crippen LogP contribution is 2.30. The number of ether oxygens (including phenoxy) is 2. The van der Waals surface area contributed by atoms with Gasteiger partial charge in [-0.3, -0.25) is 57.6 Å². The maximum Gasteiger partial charge on any atom is 0.246 e. The summed E-state index contributed by atoms with van der Waals surface area (Å²) in [4.78, 5) is 176. The van der Waals surface area contributed by atoms with Gasteiger partial charge in [-0.05, 0) is 87.4 Å². The standard InChI is InChI=1S/C71H125N9O14/c1-26-28-29-46(13)63(84)62-64(85)72-53(27-2)68(89)73(18)50(17)66(87)78(23)61(49(16)38-80-30-31-94-51(39-80)40-93-25)59(83)37-52(44(9)10)67(88)74(19)54(32-41(3)4)58(82)35-47(14)57(81)36-48(15)65(86)75(20)55(33-42(5)6)69(90)76(21)56(34-43(7)8)70(91)77(22)60(45(11)12)71(92)79(62)24/h26,28,41-56,60-63,84H,27,29-40H2,1-25H3,(H,72,85)/b28-26+/t46-,47-,48+,49+,50-,51+,52+,53+,54+,55+,56+,60+,61+,62+,63-/m1/s1. The van der Waals surface area contributed by atoms with Gasteiger partial charge in [0.15, 0.2) is 11.6 Å². The lowest BCUT2D eigenvalue weighted by Gasteiger charge is -2.41. The summed E-state index contributed by atoms with van der Waals surface area (Å²) < 4.78 is 11.3. The molecule has 2 N–H and O–H groups in total. The molecule has 0 spiro atoms. The zero-order valence-electron chi connectivity index (χ0n) is 62.2. The molecule has 8 amide bonds. The molecule has 2 heterocycles. The molecule has 0 aromatic heterocycles. The number of nitrogens with one attached hydrogen (secondary N) is 1. The molecule has 0 aromatic rings. The predicted molar refractivity (Wildman–Crippen MR) is 364 cm³/mol. The van der Waals surface area contributed by atoms with Crippen molar-refractivity contribution in [2.45, 2.75) is 230 Å². The molecule has 23 nitrogen and oxygen atoms in total. The molecular formula is C71H125N9O14. The second-order valence-electron chi connectivity index (χ2n) is 29.4. The summed E-state index contributed by atoms with van der Waals surface area (Å²) in [5, 5.41) is 15.1. The van der Waals surface area contributed by atoms with Crippen LogP contribution in [0.25, 0.3) is 0 Å². The summed E-state index contributed by atoms with van der Waals surface area (Å²) in [6.07, 6.45) is 1.96. The van der Waals surface area contributed by atoms with Crippen molar-refractivity contribution in [2.24, 2.45) is 59.2 Å². The Morgan fingerprint density at radius 1 is 0.553 bits per heavy atom. The van der Waals surface area contributed by atoms with Gasteiger partial charge in [-0.15, -0.1) is 0 Å². The van der Waals surface area contributed by atoms with Crippen LogP contribution in [0.15, 0.2) is 12.2 Å². The fourth-order valence-corrected chi connectivity index (χ4v) is 13.3. The first-order valence-electron chi connectivity index (χ1n) is 34.5. The number of ketones is 3. The molecule has 15 atom stereocenters. The molecule has 0 saturated carbocycles. The van der Waals surface area contributed by atoms with E-state index in [4.69, 9.17) is 9.47 Å². The molecule has 2 rings (SSSR count). The fraction of sp³-hybridized carbons (Fsp3) is 0.817. The van der Waals surface area contributed by atoms with Crippen molar-refractivity contribution in [3.63, 3.8) is 0 Å². The van der Waals surface area contributed by atoms with E-state index in [1.807, 2.05) is 75.3 Å². The number of morpholine rings is 1. The Morgan fingerprint density at radius 2 is 1.04 bits per heavy atom. The van der Waals surface area contributed by atoms with E-state index in [-0.39, 0.29) is 80.4 Å². The first kappa shape index (κ1) is 84.4. The third-order valence-electron chi connectivity index (χ3n) is 19.4. The van der Waals surface area contributed by atoms with Gasteiger partial charge in [-0.25, -0.2) is 0 Å². The van der Waals surface area contributed by atoms with Crippen molar-refractivity contribution in [3.05, 3.63) is 12.2 Å². The van der Waals surface area contributed by atoms with E-state index in [9.17, 15) is 24.3 Å². The number of hydrogen-bond acceptors (Lipinski definition) is 15. The lowest BCUT2D eigenvalue weighted by atomic mass is 9.83. The SMILES string of the molecule is C/C=C/C[C@@H](C)[C@@H](O)[C@H]1C(=O)N[C@@H](CC)C(=O)N(C)[C@H](C)C(=O)N(C)[C@@H]([C@@H](C)CN2CCO[C@H](COC)C2)C(=O)C[C@@H](C(C)C)C(=O)N(C)[C@@H](CC(C)C)C(=O)C[C@@H](C)C(=O)C[C@H](C)C(=O)N(C)[C@@H](CC(C)C)C(=O)N(C)[C@@H](CC(C)C)C(=O)N(C)[C@@H](C(C)C)C(=O)N1C. The monoisotopic (exact) mass is 1330 g/mol. The number of hydrogen-bond donors (Lipinski definition) is 2. The van der Waals surface area contributed by atoms with Crippen LogP contribution in [0.5, 0.6) is 0 Å². The first-order valence-corrected chi connectivity index (χ1v) is 34.5. The van der Waals surface area contributed by atoms with E-state index >= 15 is 33.6 Å². The largest absolute Gasteiger partial charge is 0.390 e. The highest BCUT2D eigenvalue weighted by molar-refractivity contribution is 6.00. The predicted octanol–water partition coefficient (Wildman–Crippen LogP) is 5.87. The molecule has 94 heavy (non-hydrogen) atoms. The Morgan fingerprint density at radius 3 is 1.54 bits per heavy atom. The van der Waals surface area contributed by atoms with Gasteiger partial charge in [0.2, 0.25) is 47.3 Å². The normalized spacial score (nSPS) is 28.8. The van der Waals surface area contributed by atoms with Crippen molar-refractivity contribution < 1.29 is 67.3 Å². The minimum absolute atomic E-state index is 0.0121. The smallest absolute Gasteiger partial charge is 0.246 e. The lowest BCUT2D eigenvalue weighted by Crippen LogP contribution is -2.63. The van der Waals surface area contributed by atoms with Gasteiger partial charge in [0.25, 0.3) is 0 Å². The number of allylic oxidation sites excluding steroid dienone is 2. The number of aliphatic hydroxyl groups is 1. The zero-order valence-corrected chi connectivity index (χ0v) is 62.2. The Kier molecular flexibility index (Phi) is 35.0. The van der Waals surface area contributed by atoms with Crippen LogP contribution in [-0.4, -0.2) is 259 Å². The van der Waals surface area contributed by atoms with Gasteiger partial charge in [0.05, 0.1) is 37.5 Å². The fourth-order valence-electron chi connectivity index (χ4n) is 13.3. The summed E-state index contributed by atoms with van der Waals surface area (Å²) in [6, 6.07) is -9.76. The van der Waals surface area contributed by atoms with Crippen LogP contribution in [0, 0.1) is 59.2 Å². The van der Waals surface area contributed by atoms with Crippen molar-refractivity contribution in [3.8, 4) is 0 Å². The summed E-state index contributed by atoms with van der Waals surface area (Å²) in [5.74, 6) is -11.4. The number of aliphatic hydroxyl groups excluding tert-OH is 1. The van der Waals surface area contributed by atoms with Crippen LogP contribution in [0.1, 0.15) is 169 Å². The van der Waals surface area contributed by atoms with E-state index in [1.54, 1.807) is 54.7 Å². The Bertz CT molecular complexity index is 2570. The number of methoxy groups -OCH3 is 1. The van der Waals surface area contributed by atoms with Crippen LogP contribution in [0.2, 0.25) is 0 Å². The molecule has 0 unspecified atom stereocenters. The van der Waals surface area contributed by atoms with Crippen molar-refractivity contribution in [1.29, 1.82) is 0 Å². The Hall–Kier alpha value is -5.65. The molecule has 0 aromatic carbocycles. The third-order valence-corrected chi connectivity index (χ3v) is 19.4. The van der Waals surface area contributed by atoms with Crippen LogP contribution >= 0.6 is 0 Å². The second kappa shape index (κ2) is 38.9. The van der Waals surface area contributed by atoms with Gasteiger partial charge >= 0.3 is 0 Å². The third kappa shape index (κ3) is 23.0. The topological polar surface area (TPSA) is 264 Å². The summed E-state index contributed by atoms with van der Waals surface area (Å²) in [6.45, 7) is 32.4. The van der Waals surface area contributed by atoms with E-state index in [1.165, 1.54) is 85.7 Å². The van der Waals surface area contributed by atoms with Crippen molar-refractivity contribution >= 4 is 64.6 Å². The molecule has 2 fully saturated rings. The number of rotatable bonds is 18. The van der Waals surface area contributed by atoms with Gasteiger partial charge in [0, 0.05) is 113 Å². The molecule has 2 saturated heterocycles. The van der Waals surface area contributed by atoms with E-state index in [0.29, 0.717) is 39.3 Å². The van der Waals surface area contributed by atoms with Crippen molar-refractivity contribution in [2.75, 3.05) is 89.3 Å². The average Bonchev–Trinajstić information content (AvgIpc) is 0.818. The van der Waals surface area contributed by atoms with E-state index < -0.39 is 149 Å². The quantitative estimate of drug-likeness (QED) is 0.152. The van der Waals surface area contributed by atoms with Gasteiger partial charge in [0.1, 0.15) is 42.0 Å². The molecule has 0 radical (unpaired) electrons. The summed E-state index contributed by atoms with van der Waals surface area (Å²) in [5.41, 5.74) is 0. The Labute approximate surface area is 564 Å². The van der Waals surface area contributed by atoms with E-state index in [2.05, 4.69) is 10.2 Å². The van der Waals surface area contributed by atoms with Crippen LogP contribution in [0.3, 0.4) is 0 Å². The number of amides is 8. The maximum absolute atomic E-state index is 15.4. The number of Topliss-reactive ketones (excluding diaryl/α,β-unsaturated/α-hetero) is 3. The molecule has 2 aliphatic rings. The molecular weight excluding hydrogens is 1200 g/mol. The summed E-state index contributed by atoms with van der Waals surface area (Å²) in [7, 11) is 11.9. The van der Waals surface area contributed by atoms with Gasteiger partial charge < -0.3 is 54.2 Å². The number of likely N-dealkylation sites (N-methyl/N-ethyl adjacent to an activating group) is 7.